The van der Waals surface area contributed by atoms with E-state index in [1.807, 2.05) is 0 Å². The minimum Gasteiger partial charge on any atom is -0.497 e. The van der Waals surface area contributed by atoms with Crippen LogP contribution in [0.3, 0.4) is 0 Å². The molecule has 1 aromatic rings. The van der Waals surface area contributed by atoms with Crippen LogP contribution in [0.25, 0.3) is 0 Å². The smallest absolute Gasteiger partial charge is 0.338 e. The van der Waals surface area contributed by atoms with Crippen LogP contribution in [0.2, 0.25) is 0 Å². The Morgan fingerprint density at radius 3 is 2.56 bits per heavy atom. The number of carbonyl (C=O) groups is 1. The van der Waals surface area contributed by atoms with E-state index in [9.17, 15) is 4.79 Å². The second-order valence-corrected chi connectivity index (χ2v) is 3.92. The molecule has 0 heterocycles. The molecule has 88 valence electrons. The van der Waals surface area contributed by atoms with E-state index in [0.717, 1.165) is 5.56 Å². The molecule has 0 saturated heterocycles. The number of rotatable bonds is 4. The third kappa shape index (κ3) is 3.42. The van der Waals surface area contributed by atoms with E-state index in [1.165, 1.54) is 0 Å². The van der Waals surface area contributed by atoms with E-state index in [1.54, 1.807) is 39.2 Å². The first-order valence-corrected chi connectivity index (χ1v) is 5.55. The summed E-state index contributed by atoms with van der Waals surface area (Å²) in [6, 6.07) is 5.14. The van der Waals surface area contributed by atoms with Crippen molar-refractivity contribution >= 4 is 17.6 Å². The van der Waals surface area contributed by atoms with Gasteiger partial charge >= 0.3 is 5.97 Å². The lowest BCUT2D eigenvalue weighted by atomic mass is 10.1. The number of halogens is 1. The summed E-state index contributed by atoms with van der Waals surface area (Å²) >= 11 is 5.73. The third-order valence-corrected chi connectivity index (χ3v) is 2.24. The summed E-state index contributed by atoms with van der Waals surface area (Å²) < 4.78 is 10.2. The van der Waals surface area contributed by atoms with E-state index < -0.39 is 0 Å². The molecule has 0 aromatic heterocycles. The molecule has 1 aromatic carbocycles. The fourth-order valence-corrected chi connectivity index (χ4v) is 1.41. The molecule has 0 radical (unpaired) electrons. The van der Waals surface area contributed by atoms with Crippen LogP contribution in [0.4, 0.5) is 0 Å². The molecule has 0 saturated carbocycles. The van der Waals surface area contributed by atoms with E-state index in [-0.39, 0.29) is 12.1 Å². The monoisotopic (exact) mass is 242 g/mol. The molecule has 4 heteroatoms. The molecule has 1 rings (SSSR count). The minimum atomic E-state index is -0.361. The Morgan fingerprint density at radius 2 is 2.06 bits per heavy atom. The van der Waals surface area contributed by atoms with Crippen LogP contribution in [-0.4, -0.2) is 19.2 Å². The number of hydrogen-bond donors (Lipinski definition) is 0. The lowest BCUT2D eigenvalue weighted by Gasteiger charge is -2.10. The Hall–Kier alpha value is -1.22. The van der Waals surface area contributed by atoms with Crippen LogP contribution < -0.4 is 4.74 Å². The highest BCUT2D eigenvalue weighted by Crippen LogP contribution is 2.19. The molecule has 0 unspecified atom stereocenters. The molecular weight excluding hydrogens is 228 g/mol. The zero-order valence-electron chi connectivity index (χ0n) is 9.62. The summed E-state index contributed by atoms with van der Waals surface area (Å²) in [6.07, 6.45) is -0.141. The van der Waals surface area contributed by atoms with Crippen molar-refractivity contribution in [3.8, 4) is 5.75 Å². The molecular formula is C12H15ClO3. The summed E-state index contributed by atoms with van der Waals surface area (Å²) in [7, 11) is 1.55. The van der Waals surface area contributed by atoms with Crippen molar-refractivity contribution in [2.75, 3.05) is 7.11 Å². The first kappa shape index (κ1) is 12.8. The highest BCUT2D eigenvalue weighted by Gasteiger charge is 2.11. The highest BCUT2D eigenvalue weighted by atomic mass is 35.5. The topological polar surface area (TPSA) is 35.5 Å². The van der Waals surface area contributed by atoms with E-state index in [2.05, 4.69) is 0 Å². The normalized spacial score (nSPS) is 10.3. The Balaban J connectivity index is 2.98. The number of methoxy groups -OCH3 is 1. The van der Waals surface area contributed by atoms with Gasteiger partial charge in [-0.25, -0.2) is 4.79 Å². The summed E-state index contributed by atoms with van der Waals surface area (Å²) in [5, 5.41) is 0. The number of alkyl halides is 1. The summed E-state index contributed by atoms with van der Waals surface area (Å²) in [5.41, 5.74) is 1.29. The van der Waals surface area contributed by atoms with Crippen LogP contribution in [0.15, 0.2) is 18.2 Å². The zero-order valence-corrected chi connectivity index (χ0v) is 10.4. The van der Waals surface area contributed by atoms with Crippen molar-refractivity contribution in [2.24, 2.45) is 0 Å². The Kier molecular flexibility index (Phi) is 4.62. The van der Waals surface area contributed by atoms with Crippen molar-refractivity contribution in [1.29, 1.82) is 0 Å². The van der Waals surface area contributed by atoms with Gasteiger partial charge in [0.25, 0.3) is 0 Å². The summed E-state index contributed by atoms with van der Waals surface area (Å²) in [5.74, 6) is 0.577. The standard InChI is InChI=1S/C12H15ClO3/c1-8(2)16-12(14)10-4-9(7-13)5-11(6-10)15-3/h4-6,8H,7H2,1-3H3. The van der Waals surface area contributed by atoms with Gasteiger partial charge in [0.2, 0.25) is 0 Å². The number of hydrogen-bond acceptors (Lipinski definition) is 3. The summed E-state index contributed by atoms with van der Waals surface area (Å²) in [4.78, 5) is 11.7. The molecule has 0 fully saturated rings. The lowest BCUT2D eigenvalue weighted by Crippen LogP contribution is -2.12. The predicted octanol–water partition coefficient (Wildman–Crippen LogP) is 3.00. The Bertz CT molecular complexity index is 352. The van der Waals surface area contributed by atoms with E-state index in [4.69, 9.17) is 21.1 Å². The zero-order chi connectivity index (χ0) is 12.1. The third-order valence-electron chi connectivity index (χ3n) is 1.93. The first-order chi connectivity index (χ1) is 7.56. The maximum absolute atomic E-state index is 11.7. The lowest BCUT2D eigenvalue weighted by molar-refractivity contribution is 0.0377. The number of esters is 1. The second kappa shape index (κ2) is 5.75. The van der Waals surface area contributed by atoms with Crippen molar-refractivity contribution < 1.29 is 14.3 Å². The highest BCUT2D eigenvalue weighted by molar-refractivity contribution is 6.17. The number of carbonyl (C=O) groups excluding carboxylic acids is 1. The van der Waals surface area contributed by atoms with E-state index >= 15 is 0 Å². The van der Waals surface area contributed by atoms with Gasteiger partial charge in [0.15, 0.2) is 0 Å². The first-order valence-electron chi connectivity index (χ1n) is 5.01. The molecule has 0 bridgehead atoms. The van der Waals surface area contributed by atoms with Gasteiger partial charge in [-0.1, -0.05) is 0 Å². The Morgan fingerprint density at radius 1 is 1.38 bits per heavy atom. The quantitative estimate of drug-likeness (QED) is 0.602. The molecule has 0 spiro atoms. The Labute approximate surface area is 100 Å². The maximum Gasteiger partial charge on any atom is 0.338 e. The van der Waals surface area contributed by atoms with Crippen molar-refractivity contribution in [2.45, 2.75) is 25.8 Å². The average molecular weight is 243 g/mol. The van der Waals surface area contributed by atoms with Crippen molar-refractivity contribution in [3.63, 3.8) is 0 Å². The maximum atomic E-state index is 11.7. The van der Waals surface area contributed by atoms with E-state index in [0.29, 0.717) is 17.2 Å². The molecule has 16 heavy (non-hydrogen) atoms. The molecule has 0 N–H and O–H groups in total. The average Bonchev–Trinajstić information content (AvgIpc) is 2.27. The van der Waals surface area contributed by atoms with Crippen molar-refractivity contribution in [3.05, 3.63) is 29.3 Å². The van der Waals surface area contributed by atoms with Gasteiger partial charge in [-0.15, -0.1) is 11.6 Å². The van der Waals surface area contributed by atoms with Gasteiger partial charge < -0.3 is 9.47 Å². The van der Waals surface area contributed by atoms with Gasteiger partial charge in [-0.05, 0) is 37.6 Å². The van der Waals surface area contributed by atoms with Gasteiger partial charge in [0, 0.05) is 5.88 Å². The van der Waals surface area contributed by atoms with Crippen LogP contribution >= 0.6 is 11.6 Å². The number of ether oxygens (including phenoxy) is 2. The van der Waals surface area contributed by atoms with Gasteiger partial charge in [0.1, 0.15) is 5.75 Å². The predicted molar refractivity (Wildman–Crippen MR) is 63.1 cm³/mol. The van der Waals surface area contributed by atoms with Gasteiger partial charge in [-0.3, -0.25) is 0 Å². The number of benzene rings is 1. The van der Waals surface area contributed by atoms with Crippen molar-refractivity contribution in [1.82, 2.24) is 0 Å². The second-order valence-electron chi connectivity index (χ2n) is 3.66. The molecule has 0 aliphatic rings. The molecule has 0 amide bonds. The SMILES string of the molecule is COc1cc(CCl)cc(C(=O)OC(C)C)c1. The fraction of sp³-hybridized carbons (Fsp3) is 0.417. The largest absolute Gasteiger partial charge is 0.497 e. The fourth-order valence-electron chi connectivity index (χ4n) is 1.26. The van der Waals surface area contributed by atoms with Crippen LogP contribution in [0.5, 0.6) is 5.75 Å². The van der Waals surface area contributed by atoms with Gasteiger partial charge in [-0.2, -0.15) is 0 Å². The van der Waals surface area contributed by atoms with Crippen LogP contribution in [0.1, 0.15) is 29.8 Å². The van der Waals surface area contributed by atoms with Crippen LogP contribution in [0, 0.1) is 0 Å². The minimum absolute atomic E-state index is 0.141. The summed E-state index contributed by atoms with van der Waals surface area (Å²) in [6.45, 7) is 3.61. The molecule has 3 nitrogen and oxygen atoms in total. The molecule has 0 atom stereocenters. The molecule has 0 aliphatic heterocycles. The van der Waals surface area contributed by atoms with Gasteiger partial charge in [0.05, 0.1) is 18.8 Å². The molecule has 0 aliphatic carbocycles. The van der Waals surface area contributed by atoms with Crippen LogP contribution in [-0.2, 0) is 10.6 Å².